The summed E-state index contributed by atoms with van der Waals surface area (Å²) in [6.45, 7) is 5.32. The quantitative estimate of drug-likeness (QED) is 0.676. The highest BCUT2D eigenvalue weighted by Crippen LogP contribution is 2.22. The van der Waals surface area contributed by atoms with Crippen molar-refractivity contribution in [1.29, 1.82) is 0 Å². The van der Waals surface area contributed by atoms with Gasteiger partial charge in [-0.1, -0.05) is 0 Å². The van der Waals surface area contributed by atoms with Crippen LogP contribution < -0.4 is 0 Å². The van der Waals surface area contributed by atoms with Gasteiger partial charge in [0, 0.05) is 43.4 Å². The van der Waals surface area contributed by atoms with Crippen LogP contribution in [0.25, 0.3) is 11.0 Å². The van der Waals surface area contributed by atoms with Gasteiger partial charge in [0.15, 0.2) is 0 Å². The summed E-state index contributed by atoms with van der Waals surface area (Å²) in [6, 6.07) is 9.12. The Morgan fingerprint density at radius 1 is 0.733 bits per heavy atom. The van der Waals surface area contributed by atoms with Gasteiger partial charge in [-0.25, -0.2) is 9.97 Å². The van der Waals surface area contributed by atoms with Gasteiger partial charge in [-0.3, -0.25) is 9.59 Å². The van der Waals surface area contributed by atoms with Crippen molar-refractivity contribution < 1.29 is 19.8 Å². The van der Waals surface area contributed by atoms with E-state index in [-0.39, 0.29) is 28.9 Å². The van der Waals surface area contributed by atoms with E-state index in [0.717, 1.165) is 16.9 Å². The first kappa shape index (κ1) is 19.6. The highest BCUT2D eigenvalue weighted by Gasteiger charge is 2.26. The molecule has 1 aliphatic rings. The first-order valence-corrected chi connectivity index (χ1v) is 9.68. The van der Waals surface area contributed by atoms with E-state index in [9.17, 15) is 19.8 Å². The number of nitrogens with zero attached hydrogens (tertiary/aromatic N) is 4. The molecular weight excluding hydrogens is 384 g/mol. The summed E-state index contributed by atoms with van der Waals surface area (Å²) in [6.07, 6.45) is 0. The summed E-state index contributed by atoms with van der Waals surface area (Å²) in [7, 11) is 0. The number of phenolic OH excluding ortho intramolecular Hbond substituents is 2. The number of carbonyl (C=O) groups excluding carboxylic acids is 2. The third-order valence-electron chi connectivity index (χ3n) is 5.33. The number of piperazine rings is 1. The van der Waals surface area contributed by atoms with E-state index < -0.39 is 0 Å². The molecule has 1 aliphatic heterocycles. The number of phenols is 2. The molecule has 1 saturated heterocycles. The summed E-state index contributed by atoms with van der Waals surface area (Å²) in [4.78, 5) is 37.9. The number of benzene rings is 2. The molecule has 0 saturated carbocycles. The van der Waals surface area contributed by atoms with E-state index in [1.807, 2.05) is 13.8 Å². The third kappa shape index (κ3) is 3.76. The standard InChI is InChI=1S/C22H22N4O4/c1-13-14(2)24-20-11-15(3-4-19(20)23-13)21(29)25-5-7-26(8-6-25)22(30)16-9-17(27)12-18(28)10-16/h3-4,9-12,27-28H,5-8H2,1-2H3. The molecule has 2 amide bonds. The lowest BCUT2D eigenvalue weighted by Crippen LogP contribution is -2.50. The van der Waals surface area contributed by atoms with E-state index in [1.165, 1.54) is 18.2 Å². The molecule has 0 spiro atoms. The van der Waals surface area contributed by atoms with Crippen LogP contribution in [0.2, 0.25) is 0 Å². The van der Waals surface area contributed by atoms with Crippen molar-refractivity contribution in [3.8, 4) is 11.5 Å². The van der Waals surface area contributed by atoms with Crippen molar-refractivity contribution in [1.82, 2.24) is 19.8 Å². The monoisotopic (exact) mass is 406 g/mol. The number of aryl methyl sites for hydroxylation is 2. The van der Waals surface area contributed by atoms with Gasteiger partial charge in [0.25, 0.3) is 11.8 Å². The molecule has 154 valence electrons. The highest BCUT2D eigenvalue weighted by atomic mass is 16.3. The summed E-state index contributed by atoms with van der Waals surface area (Å²) in [5.41, 5.74) is 3.88. The van der Waals surface area contributed by atoms with Gasteiger partial charge in [0.05, 0.1) is 22.4 Å². The Bertz CT molecular complexity index is 1130. The summed E-state index contributed by atoms with van der Waals surface area (Å²) in [5.74, 6) is -0.742. The molecule has 0 radical (unpaired) electrons. The number of hydrogen-bond donors (Lipinski definition) is 2. The van der Waals surface area contributed by atoms with E-state index >= 15 is 0 Å². The molecule has 0 atom stereocenters. The highest BCUT2D eigenvalue weighted by molar-refractivity contribution is 5.98. The Morgan fingerprint density at radius 3 is 1.80 bits per heavy atom. The second kappa shape index (κ2) is 7.62. The number of aromatic nitrogens is 2. The Balaban J connectivity index is 1.46. The fourth-order valence-electron chi connectivity index (χ4n) is 3.56. The molecule has 3 aromatic rings. The van der Waals surface area contributed by atoms with Crippen molar-refractivity contribution in [3.05, 3.63) is 58.9 Å². The molecular formula is C22H22N4O4. The van der Waals surface area contributed by atoms with E-state index in [2.05, 4.69) is 9.97 Å². The van der Waals surface area contributed by atoms with Crippen LogP contribution in [-0.2, 0) is 0 Å². The lowest BCUT2D eigenvalue weighted by atomic mass is 10.1. The first-order valence-electron chi connectivity index (χ1n) is 9.68. The molecule has 4 rings (SSSR count). The largest absolute Gasteiger partial charge is 0.508 e. The molecule has 2 N–H and O–H groups in total. The lowest BCUT2D eigenvalue weighted by Gasteiger charge is -2.35. The van der Waals surface area contributed by atoms with Crippen LogP contribution in [0.5, 0.6) is 11.5 Å². The van der Waals surface area contributed by atoms with Gasteiger partial charge in [0.1, 0.15) is 11.5 Å². The van der Waals surface area contributed by atoms with Gasteiger partial charge >= 0.3 is 0 Å². The van der Waals surface area contributed by atoms with Crippen LogP contribution in [0.4, 0.5) is 0 Å². The van der Waals surface area contributed by atoms with Crippen molar-refractivity contribution >= 4 is 22.8 Å². The van der Waals surface area contributed by atoms with Crippen molar-refractivity contribution in [2.24, 2.45) is 0 Å². The van der Waals surface area contributed by atoms with Gasteiger partial charge in [-0.05, 0) is 44.2 Å². The number of fused-ring (bicyclic) bond motifs is 1. The minimum absolute atomic E-state index is 0.112. The topological polar surface area (TPSA) is 107 Å². The number of aromatic hydroxyl groups is 2. The van der Waals surface area contributed by atoms with Crippen LogP contribution >= 0.6 is 0 Å². The maximum atomic E-state index is 12.9. The van der Waals surface area contributed by atoms with Crippen LogP contribution in [-0.4, -0.2) is 68.0 Å². The second-order valence-corrected chi connectivity index (χ2v) is 7.42. The number of amides is 2. The Labute approximate surface area is 173 Å². The maximum Gasteiger partial charge on any atom is 0.254 e. The Hall–Kier alpha value is -3.68. The van der Waals surface area contributed by atoms with Crippen LogP contribution in [0.3, 0.4) is 0 Å². The fraction of sp³-hybridized carbons (Fsp3) is 0.273. The van der Waals surface area contributed by atoms with E-state index in [1.54, 1.807) is 28.0 Å². The van der Waals surface area contributed by atoms with E-state index in [4.69, 9.17) is 0 Å². The lowest BCUT2D eigenvalue weighted by molar-refractivity contribution is 0.0535. The first-order chi connectivity index (χ1) is 14.3. The Morgan fingerprint density at radius 2 is 1.23 bits per heavy atom. The smallest absolute Gasteiger partial charge is 0.254 e. The van der Waals surface area contributed by atoms with Crippen molar-refractivity contribution in [3.63, 3.8) is 0 Å². The molecule has 2 aromatic carbocycles. The maximum absolute atomic E-state index is 12.9. The predicted molar refractivity (Wildman–Crippen MR) is 111 cm³/mol. The average Bonchev–Trinajstić information content (AvgIpc) is 2.72. The number of hydrogen-bond acceptors (Lipinski definition) is 6. The minimum Gasteiger partial charge on any atom is -0.508 e. The normalized spacial score (nSPS) is 14.2. The van der Waals surface area contributed by atoms with Crippen molar-refractivity contribution in [2.45, 2.75) is 13.8 Å². The van der Waals surface area contributed by atoms with E-state index in [0.29, 0.717) is 37.3 Å². The molecule has 8 heteroatoms. The van der Waals surface area contributed by atoms with Crippen molar-refractivity contribution in [2.75, 3.05) is 26.2 Å². The second-order valence-electron chi connectivity index (χ2n) is 7.42. The predicted octanol–water partition coefficient (Wildman–Crippen LogP) is 2.26. The molecule has 8 nitrogen and oxygen atoms in total. The SMILES string of the molecule is Cc1nc2ccc(C(=O)N3CCN(C(=O)c4cc(O)cc(O)c4)CC3)cc2nc1C. The number of carbonyl (C=O) groups is 2. The molecule has 2 heterocycles. The summed E-state index contributed by atoms with van der Waals surface area (Å²) >= 11 is 0. The summed E-state index contributed by atoms with van der Waals surface area (Å²) in [5, 5.41) is 19.2. The summed E-state index contributed by atoms with van der Waals surface area (Å²) < 4.78 is 0. The fourth-order valence-corrected chi connectivity index (χ4v) is 3.56. The molecule has 0 bridgehead atoms. The zero-order valence-corrected chi connectivity index (χ0v) is 16.8. The van der Waals surface area contributed by atoms with Crippen LogP contribution in [0.1, 0.15) is 32.1 Å². The number of rotatable bonds is 2. The van der Waals surface area contributed by atoms with Gasteiger partial charge < -0.3 is 20.0 Å². The van der Waals surface area contributed by atoms with Gasteiger partial charge in [0.2, 0.25) is 0 Å². The molecule has 0 aliphatic carbocycles. The zero-order chi connectivity index (χ0) is 21.4. The molecule has 0 unspecified atom stereocenters. The molecule has 1 fully saturated rings. The van der Waals surface area contributed by atoms with Crippen LogP contribution in [0, 0.1) is 13.8 Å². The average molecular weight is 406 g/mol. The molecule has 1 aromatic heterocycles. The Kier molecular flexibility index (Phi) is 4.99. The van der Waals surface area contributed by atoms with Gasteiger partial charge in [-0.2, -0.15) is 0 Å². The van der Waals surface area contributed by atoms with Gasteiger partial charge in [-0.15, -0.1) is 0 Å². The van der Waals surface area contributed by atoms with Crippen LogP contribution in [0.15, 0.2) is 36.4 Å². The molecule has 30 heavy (non-hydrogen) atoms. The zero-order valence-electron chi connectivity index (χ0n) is 16.8. The third-order valence-corrected chi connectivity index (χ3v) is 5.33. The minimum atomic E-state index is -0.292.